The van der Waals surface area contributed by atoms with Crippen molar-refractivity contribution in [3.8, 4) is 11.6 Å². The number of aryl methyl sites for hydroxylation is 1. The van der Waals surface area contributed by atoms with E-state index in [4.69, 9.17) is 21.2 Å². The minimum atomic E-state index is -1.07. The molecule has 3 heterocycles. The van der Waals surface area contributed by atoms with Crippen molar-refractivity contribution in [2.45, 2.75) is 13.5 Å². The Balaban J connectivity index is 1.40. The van der Waals surface area contributed by atoms with E-state index in [0.29, 0.717) is 42.6 Å². The third kappa shape index (κ3) is 4.10. The van der Waals surface area contributed by atoms with Gasteiger partial charge in [-0.05, 0) is 24.3 Å². The van der Waals surface area contributed by atoms with Crippen LogP contribution < -0.4 is 4.90 Å². The highest BCUT2D eigenvalue weighted by atomic mass is 35.5. The number of tetrazole rings is 1. The Kier molecular flexibility index (Phi) is 5.36. The summed E-state index contributed by atoms with van der Waals surface area (Å²) < 4.78 is 5.28. The summed E-state index contributed by atoms with van der Waals surface area (Å²) in [5.74, 6) is -0.148. The van der Waals surface area contributed by atoms with E-state index in [1.54, 1.807) is 23.1 Å². The number of carboxylic acid groups (broad SMARTS) is 1. The third-order valence-corrected chi connectivity index (χ3v) is 5.02. The maximum absolute atomic E-state index is 12.8. The Bertz CT molecular complexity index is 1090. The molecule has 1 saturated heterocycles. The van der Waals surface area contributed by atoms with Gasteiger partial charge >= 0.3 is 5.97 Å². The molecule has 1 fully saturated rings. The number of anilines is 1. The lowest BCUT2D eigenvalue weighted by Gasteiger charge is -2.34. The van der Waals surface area contributed by atoms with Gasteiger partial charge in [-0.2, -0.15) is 4.80 Å². The van der Waals surface area contributed by atoms with E-state index < -0.39 is 12.5 Å². The Morgan fingerprint density at radius 2 is 1.97 bits per heavy atom. The van der Waals surface area contributed by atoms with Crippen molar-refractivity contribution in [2.75, 3.05) is 31.1 Å². The zero-order chi connectivity index (χ0) is 21.3. The normalized spacial score (nSPS) is 14.2. The maximum atomic E-state index is 12.8. The van der Waals surface area contributed by atoms with Crippen LogP contribution in [-0.2, 0) is 11.3 Å². The van der Waals surface area contributed by atoms with Crippen molar-refractivity contribution in [3.63, 3.8) is 0 Å². The smallest absolute Gasteiger partial charge is 0.327 e. The number of halogens is 1. The van der Waals surface area contributed by atoms with Crippen LogP contribution >= 0.6 is 11.6 Å². The Morgan fingerprint density at radius 1 is 1.20 bits per heavy atom. The molecule has 0 unspecified atom stereocenters. The van der Waals surface area contributed by atoms with E-state index in [1.807, 2.05) is 17.9 Å². The second kappa shape index (κ2) is 8.11. The highest BCUT2D eigenvalue weighted by Crippen LogP contribution is 2.24. The summed E-state index contributed by atoms with van der Waals surface area (Å²) in [6, 6.07) is 7.06. The van der Waals surface area contributed by atoms with Crippen LogP contribution in [0.25, 0.3) is 11.6 Å². The number of hydrogen-bond acceptors (Lipinski definition) is 8. The maximum Gasteiger partial charge on any atom is 0.327 e. The molecule has 4 rings (SSSR count). The van der Waals surface area contributed by atoms with Gasteiger partial charge in [0.05, 0.1) is 10.6 Å². The van der Waals surface area contributed by atoms with Crippen molar-refractivity contribution in [1.82, 2.24) is 30.3 Å². The number of amides is 1. The van der Waals surface area contributed by atoms with E-state index in [2.05, 4.69) is 20.6 Å². The number of carboxylic acids is 1. The predicted octanol–water partition coefficient (Wildman–Crippen LogP) is 1.34. The van der Waals surface area contributed by atoms with Gasteiger partial charge in [-0.25, -0.2) is 0 Å². The Labute approximate surface area is 175 Å². The van der Waals surface area contributed by atoms with Crippen LogP contribution in [0.1, 0.15) is 15.9 Å². The molecule has 3 aromatic rings. The third-order valence-electron chi connectivity index (χ3n) is 4.69. The van der Waals surface area contributed by atoms with E-state index in [1.165, 1.54) is 0 Å². The molecular weight excluding hydrogens is 414 g/mol. The van der Waals surface area contributed by atoms with Gasteiger partial charge in [0.15, 0.2) is 12.4 Å². The number of nitrogens with zero attached hydrogens (tertiary/aromatic N) is 7. The molecule has 0 atom stereocenters. The molecule has 11 nitrogen and oxygen atoms in total. The van der Waals surface area contributed by atoms with Crippen LogP contribution in [0.3, 0.4) is 0 Å². The summed E-state index contributed by atoms with van der Waals surface area (Å²) in [5.41, 5.74) is 1.48. The summed E-state index contributed by atoms with van der Waals surface area (Å²) >= 11 is 6.19. The fraction of sp³-hybridized carbons (Fsp3) is 0.333. The molecule has 0 spiro atoms. The van der Waals surface area contributed by atoms with Crippen molar-refractivity contribution in [3.05, 3.63) is 40.4 Å². The largest absolute Gasteiger partial charge is 0.480 e. The van der Waals surface area contributed by atoms with Crippen LogP contribution in [0.4, 0.5) is 5.82 Å². The first kappa shape index (κ1) is 19.8. The van der Waals surface area contributed by atoms with E-state index in [0.717, 1.165) is 10.4 Å². The number of carbonyl (C=O) groups excluding carboxylic acids is 1. The van der Waals surface area contributed by atoms with Crippen LogP contribution in [-0.4, -0.2) is 73.4 Å². The average molecular weight is 432 g/mol. The lowest BCUT2D eigenvalue weighted by atomic mass is 10.1. The molecule has 1 aliphatic rings. The van der Waals surface area contributed by atoms with Gasteiger partial charge in [-0.1, -0.05) is 28.4 Å². The molecule has 0 saturated carbocycles. The van der Waals surface area contributed by atoms with E-state index >= 15 is 0 Å². The van der Waals surface area contributed by atoms with Gasteiger partial charge in [-0.3, -0.25) is 9.59 Å². The highest BCUT2D eigenvalue weighted by Gasteiger charge is 2.26. The minimum absolute atomic E-state index is 0.0940. The number of benzene rings is 1. The van der Waals surface area contributed by atoms with Gasteiger partial charge in [0.25, 0.3) is 5.91 Å². The summed E-state index contributed by atoms with van der Waals surface area (Å²) in [6.07, 6.45) is 0. The molecule has 0 aliphatic carbocycles. The standard InChI is InChI=1S/C18H18ClN7O4/c1-11-2-3-13(19)12(8-11)18(29)25-6-4-24(5-7-25)15-9-14(30-22-15)17-20-23-26(21-17)10-16(27)28/h2-3,8-9H,4-7,10H2,1H3,(H,27,28). The SMILES string of the molecule is Cc1ccc(Cl)c(C(=O)N2CCN(c3cc(-c4nnn(CC(=O)O)n4)on3)CC2)c1. The number of piperazine rings is 1. The number of aliphatic carboxylic acids is 1. The molecule has 1 amide bonds. The van der Waals surface area contributed by atoms with Gasteiger partial charge in [0.2, 0.25) is 11.6 Å². The molecule has 1 aliphatic heterocycles. The molecule has 0 radical (unpaired) electrons. The van der Waals surface area contributed by atoms with Gasteiger partial charge in [-0.15, -0.1) is 10.2 Å². The molecule has 2 aromatic heterocycles. The summed E-state index contributed by atoms with van der Waals surface area (Å²) in [7, 11) is 0. The van der Waals surface area contributed by atoms with Crippen molar-refractivity contribution in [2.24, 2.45) is 0 Å². The molecule has 0 bridgehead atoms. The second-order valence-electron chi connectivity index (χ2n) is 6.85. The zero-order valence-electron chi connectivity index (χ0n) is 16.0. The van der Waals surface area contributed by atoms with Crippen LogP contribution in [0, 0.1) is 6.92 Å². The average Bonchev–Trinajstić information content (AvgIpc) is 3.38. The number of rotatable bonds is 5. The molecule has 156 valence electrons. The van der Waals surface area contributed by atoms with Gasteiger partial charge < -0.3 is 19.4 Å². The topological polar surface area (TPSA) is 130 Å². The monoisotopic (exact) mass is 431 g/mol. The summed E-state index contributed by atoms with van der Waals surface area (Å²) in [6.45, 7) is 3.69. The van der Waals surface area contributed by atoms with Crippen LogP contribution in [0.5, 0.6) is 0 Å². The van der Waals surface area contributed by atoms with E-state index in [-0.39, 0.29) is 17.5 Å². The van der Waals surface area contributed by atoms with Crippen molar-refractivity contribution < 1.29 is 19.2 Å². The fourth-order valence-corrected chi connectivity index (χ4v) is 3.36. The van der Waals surface area contributed by atoms with E-state index in [9.17, 15) is 9.59 Å². The summed E-state index contributed by atoms with van der Waals surface area (Å²) in [4.78, 5) is 28.2. The molecule has 1 aromatic carbocycles. The van der Waals surface area contributed by atoms with Crippen LogP contribution in [0.2, 0.25) is 5.02 Å². The number of hydrogen-bond donors (Lipinski definition) is 1. The quantitative estimate of drug-likeness (QED) is 0.635. The van der Waals surface area contributed by atoms with Crippen molar-refractivity contribution >= 4 is 29.3 Å². The van der Waals surface area contributed by atoms with Gasteiger partial charge in [0.1, 0.15) is 0 Å². The highest BCUT2D eigenvalue weighted by molar-refractivity contribution is 6.33. The minimum Gasteiger partial charge on any atom is -0.480 e. The van der Waals surface area contributed by atoms with Crippen LogP contribution in [0.15, 0.2) is 28.8 Å². The first-order chi connectivity index (χ1) is 14.4. The second-order valence-corrected chi connectivity index (χ2v) is 7.26. The van der Waals surface area contributed by atoms with Crippen molar-refractivity contribution in [1.29, 1.82) is 0 Å². The Morgan fingerprint density at radius 3 is 2.70 bits per heavy atom. The molecule has 12 heteroatoms. The Hall–Kier alpha value is -3.47. The predicted molar refractivity (Wildman–Crippen MR) is 105 cm³/mol. The first-order valence-corrected chi connectivity index (χ1v) is 9.55. The van der Waals surface area contributed by atoms with Gasteiger partial charge in [0, 0.05) is 32.2 Å². The number of aromatic nitrogens is 5. The lowest BCUT2D eigenvalue weighted by molar-refractivity contribution is -0.138. The zero-order valence-corrected chi connectivity index (χ0v) is 16.8. The first-order valence-electron chi connectivity index (χ1n) is 9.18. The fourth-order valence-electron chi connectivity index (χ4n) is 3.16. The molecule has 1 N–H and O–H groups in total. The summed E-state index contributed by atoms with van der Waals surface area (Å²) in [5, 5.41) is 24.7. The molecule has 30 heavy (non-hydrogen) atoms. The lowest BCUT2D eigenvalue weighted by Crippen LogP contribution is -2.49. The molecular formula is C18H18ClN7O4. The number of carbonyl (C=O) groups is 2.